The Balaban J connectivity index is 1.69. The number of rotatable bonds is 8. The molecule has 3 aromatic carbocycles. The zero-order valence-corrected chi connectivity index (χ0v) is 18.7. The van der Waals surface area contributed by atoms with E-state index >= 15 is 0 Å². The maximum atomic E-state index is 13.0. The largest absolute Gasteiger partial charge is 0.447 e. The van der Waals surface area contributed by atoms with E-state index in [4.69, 9.17) is 16.3 Å². The summed E-state index contributed by atoms with van der Waals surface area (Å²) in [5.74, 6) is -1.28. The highest BCUT2D eigenvalue weighted by molar-refractivity contribution is 6.30. The molecule has 0 aliphatic carbocycles. The molecule has 32 heavy (non-hydrogen) atoms. The second-order valence-corrected chi connectivity index (χ2v) is 7.95. The van der Waals surface area contributed by atoms with Crippen molar-refractivity contribution in [3.05, 3.63) is 100 Å². The van der Waals surface area contributed by atoms with Crippen molar-refractivity contribution >= 4 is 34.9 Å². The van der Waals surface area contributed by atoms with Crippen molar-refractivity contribution < 1.29 is 19.1 Å². The SMILES string of the molecule is Cc1ccc(C)c(NC(=O)C(OC(=O)CCC(=O)c2ccc(Cl)cc2)c2ccccc2)c1. The van der Waals surface area contributed by atoms with Gasteiger partial charge < -0.3 is 10.1 Å². The fourth-order valence-electron chi connectivity index (χ4n) is 3.16. The first-order valence-electron chi connectivity index (χ1n) is 10.2. The number of hydrogen-bond acceptors (Lipinski definition) is 4. The highest BCUT2D eigenvalue weighted by Crippen LogP contribution is 2.23. The van der Waals surface area contributed by atoms with Crippen LogP contribution in [-0.2, 0) is 14.3 Å². The minimum absolute atomic E-state index is 0.0272. The minimum atomic E-state index is -1.13. The van der Waals surface area contributed by atoms with Gasteiger partial charge in [0.1, 0.15) is 0 Å². The molecular formula is C26H24ClNO4. The second-order valence-electron chi connectivity index (χ2n) is 7.52. The normalized spacial score (nSPS) is 11.5. The number of carbonyl (C=O) groups is 3. The molecule has 0 aliphatic heterocycles. The average Bonchev–Trinajstić information content (AvgIpc) is 2.79. The van der Waals surface area contributed by atoms with Crippen molar-refractivity contribution in [2.45, 2.75) is 32.8 Å². The van der Waals surface area contributed by atoms with E-state index in [9.17, 15) is 14.4 Å². The Morgan fingerprint density at radius 1 is 0.906 bits per heavy atom. The van der Waals surface area contributed by atoms with Gasteiger partial charge in [-0.3, -0.25) is 14.4 Å². The van der Waals surface area contributed by atoms with E-state index in [-0.39, 0.29) is 18.6 Å². The highest BCUT2D eigenvalue weighted by Gasteiger charge is 2.26. The Morgan fingerprint density at radius 2 is 1.59 bits per heavy atom. The number of esters is 1. The summed E-state index contributed by atoms with van der Waals surface area (Å²) >= 11 is 5.84. The third-order valence-electron chi connectivity index (χ3n) is 4.96. The summed E-state index contributed by atoms with van der Waals surface area (Å²) in [4.78, 5) is 37.9. The number of Topliss-reactive ketones (excluding diaryl/α,β-unsaturated/α-hetero) is 1. The van der Waals surface area contributed by atoms with Crippen LogP contribution in [0.5, 0.6) is 0 Å². The standard InChI is InChI=1S/C26H24ClNO4/c1-17-8-9-18(2)22(16-17)28-26(31)25(20-6-4-3-5-7-20)32-24(30)15-14-23(29)19-10-12-21(27)13-11-19/h3-13,16,25H,14-15H2,1-2H3,(H,28,31). The first-order chi connectivity index (χ1) is 15.3. The van der Waals surface area contributed by atoms with Gasteiger partial charge in [-0.2, -0.15) is 0 Å². The molecule has 1 amide bonds. The lowest BCUT2D eigenvalue weighted by Gasteiger charge is -2.19. The van der Waals surface area contributed by atoms with Crippen LogP contribution in [0.2, 0.25) is 5.02 Å². The minimum Gasteiger partial charge on any atom is -0.447 e. The van der Waals surface area contributed by atoms with E-state index in [2.05, 4.69) is 5.32 Å². The lowest BCUT2D eigenvalue weighted by atomic mass is 10.1. The molecule has 0 aromatic heterocycles. The quantitative estimate of drug-likeness (QED) is 0.346. The summed E-state index contributed by atoms with van der Waals surface area (Å²) in [5.41, 5.74) is 3.57. The number of ketones is 1. The molecule has 1 N–H and O–H groups in total. The maximum Gasteiger partial charge on any atom is 0.307 e. The van der Waals surface area contributed by atoms with E-state index < -0.39 is 18.0 Å². The van der Waals surface area contributed by atoms with E-state index in [1.807, 2.05) is 38.1 Å². The molecule has 6 heteroatoms. The van der Waals surface area contributed by atoms with Crippen LogP contribution in [0.15, 0.2) is 72.8 Å². The van der Waals surface area contributed by atoms with Gasteiger partial charge in [-0.25, -0.2) is 0 Å². The summed E-state index contributed by atoms with van der Waals surface area (Å²) < 4.78 is 5.52. The number of halogens is 1. The molecule has 0 heterocycles. The summed E-state index contributed by atoms with van der Waals surface area (Å²) in [5, 5.41) is 3.38. The van der Waals surface area contributed by atoms with Crippen LogP contribution in [0.3, 0.4) is 0 Å². The zero-order valence-electron chi connectivity index (χ0n) is 17.9. The Labute approximate surface area is 192 Å². The third kappa shape index (κ3) is 6.28. The van der Waals surface area contributed by atoms with Crippen LogP contribution in [-0.4, -0.2) is 17.7 Å². The number of anilines is 1. The van der Waals surface area contributed by atoms with Crippen molar-refractivity contribution in [2.75, 3.05) is 5.32 Å². The Hall–Kier alpha value is -3.44. The predicted octanol–water partition coefficient (Wildman–Crippen LogP) is 5.84. The average molecular weight is 450 g/mol. The van der Waals surface area contributed by atoms with Gasteiger partial charge in [0.25, 0.3) is 5.91 Å². The number of carbonyl (C=O) groups excluding carboxylic acids is 3. The molecule has 0 radical (unpaired) electrons. The van der Waals surface area contributed by atoms with Crippen molar-refractivity contribution in [3.63, 3.8) is 0 Å². The molecule has 0 aliphatic rings. The Morgan fingerprint density at radius 3 is 2.28 bits per heavy atom. The lowest BCUT2D eigenvalue weighted by Crippen LogP contribution is -2.26. The summed E-state index contributed by atoms with van der Waals surface area (Å²) in [7, 11) is 0. The van der Waals surface area contributed by atoms with Crippen molar-refractivity contribution in [3.8, 4) is 0 Å². The molecular weight excluding hydrogens is 426 g/mol. The zero-order chi connectivity index (χ0) is 23.1. The van der Waals surface area contributed by atoms with Gasteiger partial charge in [0.2, 0.25) is 6.10 Å². The molecule has 1 unspecified atom stereocenters. The van der Waals surface area contributed by atoms with Crippen LogP contribution in [0, 0.1) is 13.8 Å². The monoisotopic (exact) mass is 449 g/mol. The number of ether oxygens (including phenoxy) is 1. The lowest BCUT2D eigenvalue weighted by molar-refractivity contribution is -0.154. The number of hydrogen-bond donors (Lipinski definition) is 1. The number of nitrogens with one attached hydrogen (secondary N) is 1. The van der Waals surface area contributed by atoms with Gasteiger partial charge in [-0.1, -0.05) is 54.1 Å². The van der Waals surface area contributed by atoms with Gasteiger partial charge >= 0.3 is 5.97 Å². The van der Waals surface area contributed by atoms with Gasteiger partial charge in [-0.05, 0) is 55.3 Å². The van der Waals surface area contributed by atoms with Crippen LogP contribution in [0.1, 0.15) is 46.0 Å². The van der Waals surface area contributed by atoms with Crippen LogP contribution >= 0.6 is 11.6 Å². The molecule has 0 spiro atoms. The van der Waals surface area contributed by atoms with Crippen LogP contribution in [0.25, 0.3) is 0 Å². The van der Waals surface area contributed by atoms with Gasteiger partial charge in [0.15, 0.2) is 5.78 Å². The van der Waals surface area contributed by atoms with Crippen molar-refractivity contribution in [2.24, 2.45) is 0 Å². The van der Waals surface area contributed by atoms with E-state index in [1.165, 1.54) is 0 Å². The van der Waals surface area contributed by atoms with E-state index in [0.29, 0.717) is 21.8 Å². The van der Waals surface area contributed by atoms with Crippen LogP contribution < -0.4 is 5.32 Å². The van der Waals surface area contributed by atoms with Crippen molar-refractivity contribution in [1.82, 2.24) is 0 Å². The van der Waals surface area contributed by atoms with Crippen molar-refractivity contribution in [1.29, 1.82) is 0 Å². The molecule has 0 saturated heterocycles. The molecule has 0 fully saturated rings. The molecule has 0 bridgehead atoms. The Bertz CT molecular complexity index is 1110. The molecule has 3 rings (SSSR count). The smallest absolute Gasteiger partial charge is 0.307 e. The molecule has 1 atom stereocenters. The third-order valence-corrected chi connectivity index (χ3v) is 5.22. The first kappa shape index (κ1) is 23.2. The van der Waals surface area contributed by atoms with Gasteiger partial charge in [-0.15, -0.1) is 0 Å². The number of aryl methyl sites for hydroxylation is 2. The van der Waals surface area contributed by atoms with Gasteiger partial charge in [0.05, 0.1) is 6.42 Å². The van der Waals surface area contributed by atoms with E-state index in [0.717, 1.165) is 11.1 Å². The molecule has 0 saturated carbocycles. The fourth-order valence-corrected chi connectivity index (χ4v) is 3.28. The summed E-state index contributed by atoms with van der Waals surface area (Å²) in [6, 6.07) is 21.0. The summed E-state index contributed by atoms with van der Waals surface area (Å²) in [6.45, 7) is 3.82. The number of benzene rings is 3. The van der Waals surface area contributed by atoms with Crippen LogP contribution in [0.4, 0.5) is 5.69 Å². The molecule has 164 valence electrons. The highest BCUT2D eigenvalue weighted by atomic mass is 35.5. The van der Waals surface area contributed by atoms with E-state index in [1.54, 1.807) is 48.5 Å². The Kier molecular flexibility index (Phi) is 7.79. The fraction of sp³-hybridized carbons (Fsp3) is 0.192. The second kappa shape index (κ2) is 10.7. The number of amides is 1. The molecule has 5 nitrogen and oxygen atoms in total. The maximum absolute atomic E-state index is 13.0. The first-order valence-corrected chi connectivity index (χ1v) is 10.6. The summed E-state index contributed by atoms with van der Waals surface area (Å²) in [6.07, 6.45) is -1.29. The molecule has 3 aromatic rings. The van der Waals surface area contributed by atoms with Gasteiger partial charge in [0, 0.05) is 28.3 Å². The predicted molar refractivity (Wildman–Crippen MR) is 125 cm³/mol. The topological polar surface area (TPSA) is 72.5 Å².